The van der Waals surface area contributed by atoms with E-state index in [1.165, 1.54) is 0 Å². The average molecular weight is 293 g/mol. The van der Waals surface area contributed by atoms with E-state index in [0.717, 1.165) is 5.39 Å². The Bertz CT molecular complexity index is 598. The molecule has 2 heterocycles. The minimum Gasteiger partial charge on any atom is -0.383 e. The van der Waals surface area contributed by atoms with Gasteiger partial charge in [-0.3, -0.25) is 9.89 Å². The Hall–Kier alpha value is -2.42. The van der Waals surface area contributed by atoms with Gasteiger partial charge in [-0.1, -0.05) is 0 Å². The summed E-state index contributed by atoms with van der Waals surface area (Å²) in [5.74, 6) is 1.09. The Morgan fingerprint density at radius 2 is 2.24 bits per heavy atom. The van der Waals surface area contributed by atoms with Crippen molar-refractivity contribution in [1.82, 2.24) is 25.5 Å². The van der Waals surface area contributed by atoms with Gasteiger partial charge in [-0.2, -0.15) is 15.1 Å². The molecule has 114 valence electrons. The molecule has 0 bridgehead atoms. The number of H-pyrrole nitrogens is 1. The quantitative estimate of drug-likeness (QED) is 0.504. The van der Waals surface area contributed by atoms with Gasteiger partial charge in [0.05, 0.1) is 18.2 Å². The maximum Gasteiger partial charge on any atom is 0.226 e. The highest BCUT2D eigenvalue weighted by Gasteiger charge is 2.09. The van der Waals surface area contributed by atoms with E-state index < -0.39 is 0 Å². The van der Waals surface area contributed by atoms with E-state index >= 15 is 0 Å². The monoisotopic (exact) mass is 293 g/mol. The molecule has 0 fully saturated rings. The lowest BCUT2D eigenvalue weighted by atomic mass is 10.3. The van der Waals surface area contributed by atoms with Crippen molar-refractivity contribution >= 4 is 28.7 Å². The molecule has 21 heavy (non-hydrogen) atoms. The highest BCUT2D eigenvalue weighted by Crippen LogP contribution is 2.19. The molecule has 2 aromatic rings. The summed E-state index contributed by atoms with van der Waals surface area (Å²) in [7, 11) is 3.34. The number of aromatic nitrogens is 4. The van der Waals surface area contributed by atoms with Gasteiger partial charge in [-0.05, 0) is 0 Å². The van der Waals surface area contributed by atoms with Crippen LogP contribution in [0.5, 0.6) is 0 Å². The first kappa shape index (κ1) is 15.0. The molecule has 0 aromatic carbocycles. The van der Waals surface area contributed by atoms with Crippen LogP contribution in [-0.2, 0) is 9.53 Å². The summed E-state index contributed by atoms with van der Waals surface area (Å²) in [6.07, 6.45) is 2.00. The highest BCUT2D eigenvalue weighted by atomic mass is 16.5. The van der Waals surface area contributed by atoms with Gasteiger partial charge in [0.15, 0.2) is 5.65 Å². The number of nitrogens with zero attached hydrogens (tertiary/aromatic N) is 3. The number of nitrogens with one attached hydrogen (secondary N) is 4. The van der Waals surface area contributed by atoms with Gasteiger partial charge < -0.3 is 20.7 Å². The summed E-state index contributed by atoms with van der Waals surface area (Å²) in [6.45, 7) is 1.49. The fraction of sp³-hybridized carbons (Fsp3) is 0.500. The van der Waals surface area contributed by atoms with Gasteiger partial charge in [0.2, 0.25) is 11.9 Å². The zero-order valence-electron chi connectivity index (χ0n) is 12.1. The molecule has 9 nitrogen and oxygen atoms in total. The standard InChI is InChI=1S/C12H19N7O2/c1-13-12-17-10(8-7-16-19-11(8)18-12)15-4-3-9(20)14-5-6-21-2/h7H,3-6H2,1-2H3,(H,14,20)(H3,13,15,16,17,18,19). The topological polar surface area (TPSA) is 117 Å². The molecule has 0 aliphatic carbocycles. The van der Waals surface area contributed by atoms with E-state index in [2.05, 4.69) is 36.1 Å². The Morgan fingerprint density at radius 1 is 1.38 bits per heavy atom. The van der Waals surface area contributed by atoms with Gasteiger partial charge in [-0.25, -0.2) is 0 Å². The maximum atomic E-state index is 11.6. The van der Waals surface area contributed by atoms with Crippen LogP contribution in [0, 0.1) is 0 Å². The lowest BCUT2D eigenvalue weighted by molar-refractivity contribution is -0.121. The van der Waals surface area contributed by atoms with Crippen LogP contribution < -0.4 is 16.0 Å². The van der Waals surface area contributed by atoms with Gasteiger partial charge in [0.25, 0.3) is 0 Å². The number of anilines is 2. The minimum absolute atomic E-state index is 0.0362. The summed E-state index contributed by atoms with van der Waals surface area (Å²) in [6, 6.07) is 0. The van der Waals surface area contributed by atoms with E-state index in [1.807, 2.05) is 0 Å². The molecule has 0 radical (unpaired) electrons. The van der Waals surface area contributed by atoms with Crippen LogP contribution in [0.25, 0.3) is 11.0 Å². The van der Waals surface area contributed by atoms with Crippen LogP contribution in [0.3, 0.4) is 0 Å². The molecule has 0 aliphatic heterocycles. The number of amides is 1. The summed E-state index contributed by atoms with van der Waals surface area (Å²) >= 11 is 0. The number of fused-ring (bicyclic) bond motifs is 1. The number of aromatic amines is 1. The van der Waals surface area contributed by atoms with Crippen LogP contribution in [0.4, 0.5) is 11.8 Å². The Balaban J connectivity index is 1.91. The van der Waals surface area contributed by atoms with Crippen LogP contribution in [0.1, 0.15) is 6.42 Å². The van der Waals surface area contributed by atoms with E-state index in [1.54, 1.807) is 20.4 Å². The number of carbonyl (C=O) groups is 1. The second kappa shape index (κ2) is 7.39. The van der Waals surface area contributed by atoms with Crippen LogP contribution in [0.2, 0.25) is 0 Å². The third-order valence-corrected chi connectivity index (χ3v) is 2.81. The van der Waals surface area contributed by atoms with Crippen molar-refractivity contribution in [3.63, 3.8) is 0 Å². The molecule has 4 N–H and O–H groups in total. The first-order chi connectivity index (χ1) is 10.2. The summed E-state index contributed by atoms with van der Waals surface area (Å²) in [4.78, 5) is 20.1. The number of carbonyl (C=O) groups excluding carboxylic acids is 1. The molecule has 9 heteroatoms. The normalized spacial score (nSPS) is 10.6. The van der Waals surface area contributed by atoms with Crippen molar-refractivity contribution in [2.75, 3.05) is 44.5 Å². The molecular weight excluding hydrogens is 274 g/mol. The number of hydrogen-bond acceptors (Lipinski definition) is 7. The predicted octanol–water partition coefficient (Wildman–Crippen LogP) is -0.0408. The van der Waals surface area contributed by atoms with Crippen molar-refractivity contribution < 1.29 is 9.53 Å². The zero-order valence-corrected chi connectivity index (χ0v) is 12.1. The largest absolute Gasteiger partial charge is 0.383 e. The first-order valence-corrected chi connectivity index (χ1v) is 6.63. The van der Waals surface area contributed by atoms with Crippen molar-refractivity contribution in [2.24, 2.45) is 0 Å². The fourth-order valence-corrected chi connectivity index (χ4v) is 1.76. The van der Waals surface area contributed by atoms with E-state index in [4.69, 9.17) is 4.74 Å². The van der Waals surface area contributed by atoms with Gasteiger partial charge in [0.1, 0.15) is 5.82 Å². The highest BCUT2D eigenvalue weighted by molar-refractivity contribution is 5.87. The number of rotatable bonds is 8. The van der Waals surface area contributed by atoms with Crippen molar-refractivity contribution in [3.8, 4) is 0 Å². The van der Waals surface area contributed by atoms with Crippen molar-refractivity contribution in [2.45, 2.75) is 6.42 Å². The second-order valence-corrected chi connectivity index (χ2v) is 4.30. The first-order valence-electron chi connectivity index (χ1n) is 6.63. The maximum absolute atomic E-state index is 11.6. The Morgan fingerprint density at radius 3 is 3.00 bits per heavy atom. The summed E-state index contributed by atoms with van der Waals surface area (Å²) < 4.78 is 4.87. The van der Waals surface area contributed by atoms with E-state index in [0.29, 0.717) is 43.5 Å². The molecule has 0 spiro atoms. The Labute approximate surface area is 121 Å². The minimum atomic E-state index is -0.0362. The van der Waals surface area contributed by atoms with Crippen LogP contribution in [0.15, 0.2) is 6.20 Å². The number of ether oxygens (including phenoxy) is 1. The fourth-order valence-electron chi connectivity index (χ4n) is 1.76. The summed E-state index contributed by atoms with van der Waals surface area (Å²) in [5.41, 5.74) is 0.640. The average Bonchev–Trinajstić information content (AvgIpc) is 2.95. The van der Waals surface area contributed by atoms with Gasteiger partial charge >= 0.3 is 0 Å². The molecule has 0 saturated carbocycles. The molecule has 0 aliphatic rings. The molecule has 2 rings (SSSR count). The Kier molecular flexibility index (Phi) is 5.27. The van der Waals surface area contributed by atoms with Crippen LogP contribution in [-0.4, -0.2) is 59.9 Å². The van der Waals surface area contributed by atoms with Crippen molar-refractivity contribution in [3.05, 3.63) is 6.20 Å². The molecular formula is C12H19N7O2. The molecule has 0 atom stereocenters. The van der Waals surface area contributed by atoms with E-state index in [-0.39, 0.29) is 5.91 Å². The third-order valence-electron chi connectivity index (χ3n) is 2.81. The smallest absolute Gasteiger partial charge is 0.226 e. The predicted molar refractivity (Wildman–Crippen MR) is 79.2 cm³/mol. The lowest BCUT2D eigenvalue weighted by Gasteiger charge is -2.08. The van der Waals surface area contributed by atoms with Gasteiger partial charge in [0, 0.05) is 33.7 Å². The summed E-state index contributed by atoms with van der Waals surface area (Å²) in [5, 5.41) is 16.3. The molecule has 0 saturated heterocycles. The second-order valence-electron chi connectivity index (χ2n) is 4.30. The third kappa shape index (κ3) is 4.02. The number of hydrogen-bond donors (Lipinski definition) is 4. The van der Waals surface area contributed by atoms with Crippen molar-refractivity contribution in [1.29, 1.82) is 0 Å². The van der Waals surface area contributed by atoms with E-state index in [9.17, 15) is 4.79 Å². The van der Waals surface area contributed by atoms with Crippen LogP contribution >= 0.6 is 0 Å². The lowest BCUT2D eigenvalue weighted by Crippen LogP contribution is -2.28. The SMILES string of the molecule is CNc1nc(NCCC(=O)NCCOC)c2cn[nH]c2n1. The van der Waals surface area contributed by atoms with Gasteiger partial charge in [-0.15, -0.1) is 0 Å². The molecule has 2 aromatic heterocycles. The zero-order chi connectivity index (χ0) is 15.1. The number of methoxy groups -OCH3 is 1. The molecule has 0 unspecified atom stereocenters. The molecule has 1 amide bonds.